The Morgan fingerprint density at radius 1 is 0.812 bits per heavy atom. The molecule has 244 valence electrons. The lowest BCUT2D eigenvalue weighted by Gasteiger charge is -2.41. The summed E-state index contributed by atoms with van der Waals surface area (Å²) in [6.07, 6.45) is 0.357. The van der Waals surface area contributed by atoms with Gasteiger partial charge in [0.1, 0.15) is 5.03 Å². The van der Waals surface area contributed by atoms with Crippen LogP contribution in [-0.4, -0.2) is 38.9 Å². The van der Waals surface area contributed by atoms with E-state index in [2.05, 4.69) is 23.3 Å². The quantitative estimate of drug-likeness (QED) is 0.125. The molecule has 48 heavy (non-hydrogen) atoms. The molecule has 9 heteroatoms. The topological polar surface area (TPSA) is 118 Å². The van der Waals surface area contributed by atoms with Crippen LogP contribution >= 0.6 is 11.8 Å². The first kappa shape index (κ1) is 33.1. The van der Waals surface area contributed by atoms with E-state index in [1.165, 1.54) is 11.8 Å². The number of aromatic carboxylic acids is 1. The van der Waals surface area contributed by atoms with E-state index in [1.807, 2.05) is 84.9 Å². The average Bonchev–Trinajstić information content (AvgIpc) is 3.14. The summed E-state index contributed by atoms with van der Waals surface area (Å²) >= 11 is 1.36. The van der Waals surface area contributed by atoms with Crippen LogP contribution in [0.5, 0.6) is 0 Å². The molecule has 5 aromatic rings. The van der Waals surface area contributed by atoms with Crippen molar-refractivity contribution in [2.75, 3.05) is 5.75 Å². The van der Waals surface area contributed by atoms with E-state index in [9.17, 15) is 19.8 Å². The molecule has 3 N–H and O–H groups in total. The second kappa shape index (κ2) is 15.4. The summed E-state index contributed by atoms with van der Waals surface area (Å²) in [5, 5.41) is 22.6. The van der Waals surface area contributed by atoms with Gasteiger partial charge in [-0.1, -0.05) is 91.9 Å². The Morgan fingerprint density at radius 3 is 2.29 bits per heavy atom. The molecular formula is C39H36N2O6S. The first-order chi connectivity index (χ1) is 23.4. The fourth-order valence-electron chi connectivity index (χ4n) is 5.71. The lowest BCUT2D eigenvalue weighted by molar-refractivity contribution is -0.268. The Kier molecular flexibility index (Phi) is 10.6. The third kappa shape index (κ3) is 7.83. The predicted molar refractivity (Wildman–Crippen MR) is 184 cm³/mol. The van der Waals surface area contributed by atoms with Crippen molar-refractivity contribution in [1.29, 1.82) is 0 Å². The predicted octanol–water partition coefficient (Wildman–Crippen LogP) is 7.45. The van der Waals surface area contributed by atoms with Crippen LogP contribution in [0.4, 0.5) is 0 Å². The molecule has 6 rings (SSSR count). The lowest BCUT2D eigenvalue weighted by Crippen LogP contribution is -2.38. The van der Waals surface area contributed by atoms with E-state index in [0.29, 0.717) is 22.9 Å². The molecule has 4 unspecified atom stereocenters. The zero-order valence-electron chi connectivity index (χ0n) is 26.4. The van der Waals surface area contributed by atoms with Gasteiger partial charge in [0.05, 0.1) is 24.4 Å². The van der Waals surface area contributed by atoms with Crippen molar-refractivity contribution in [3.8, 4) is 11.1 Å². The molecular weight excluding hydrogens is 625 g/mol. The van der Waals surface area contributed by atoms with E-state index >= 15 is 0 Å². The number of thioether (sulfide) groups is 1. The Labute approximate surface area is 283 Å². The van der Waals surface area contributed by atoms with Crippen LogP contribution < -0.4 is 5.32 Å². The van der Waals surface area contributed by atoms with Gasteiger partial charge in [-0.15, -0.1) is 11.8 Å². The number of amides is 1. The SMILES string of the molecule is CC1C(CSc2ncccc2C(=O)O)OC(c2ccc(-c3cccc(CNC(=O)c4ccccc4)c3)cc2)OC1c1ccc(CO)cc1. The Hall–Kier alpha value is -4.80. The van der Waals surface area contributed by atoms with Crippen LogP contribution in [-0.2, 0) is 22.6 Å². The average molecular weight is 661 g/mol. The largest absolute Gasteiger partial charge is 0.478 e. The van der Waals surface area contributed by atoms with Gasteiger partial charge in [0.15, 0.2) is 6.29 Å². The van der Waals surface area contributed by atoms with Crippen molar-refractivity contribution < 1.29 is 29.3 Å². The van der Waals surface area contributed by atoms with Gasteiger partial charge >= 0.3 is 5.97 Å². The molecule has 1 saturated heterocycles. The maximum Gasteiger partial charge on any atom is 0.338 e. The van der Waals surface area contributed by atoms with Gasteiger partial charge in [-0.25, -0.2) is 9.78 Å². The number of aliphatic hydroxyl groups is 1. The first-order valence-electron chi connectivity index (χ1n) is 15.7. The monoisotopic (exact) mass is 660 g/mol. The standard InChI is InChI=1S/C39H36N2O6S/c1-25-34(24-48-37-33(38(44)45)11-6-20-40-37)46-39(47-35(25)29-14-12-26(23-42)13-15-29)31-18-16-28(17-19-31)32-10-5-7-27(21-32)22-41-36(43)30-8-3-2-4-9-30/h2-21,25,34-35,39,42H,22-24H2,1H3,(H,41,43)(H,44,45). The summed E-state index contributed by atoms with van der Waals surface area (Å²) < 4.78 is 13.2. The molecule has 2 heterocycles. The minimum atomic E-state index is -1.02. The van der Waals surface area contributed by atoms with Gasteiger partial charge in [0.25, 0.3) is 5.91 Å². The van der Waals surface area contributed by atoms with Gasteiger partial charge in [-0.2, -0.15) is 0 Å². The Morgan fingerprint density at radius 2 is 1.56 bits per heavy atom. The number of carbonyl (C=O) groups excluding carboxylic acids is 1. The van der Waals surface area contributed by atoms with E-state index in [1.54, 1.807) is 30.5 Å². The number of rotatable bonds is 11. The molecule has 1 fully saturated rings. The highest BCUT2D eigenvalue weighted by Crippen LogP contribution is 2.43. The third-order valence-electron chi connectivity index (χ3n) is 8.44. The number of pyridine rings is 1. The molecule has 0 spiro atoms. The van der Waals surface area contributed by atoms with E-state index < -0.39 is 12.3 Å². The van der Waals surface area contributed by atoms with E-state index in [-0.39, 0.29) is 36.2 Å². The molecule has 4 aromatic carbocycles. The molecule has 0 radical (unpaired) electrons. The van der Waals surface area contributed by atoms with Gasteiger partial charge < -0.3 is 25.0 Å². The van der Waals surface area contributed by atoms with Crippen molar-refractivity contribution in [2.24, 2.45) is 5.92 Å². The number of aliphatic hydroxyl groups excluding tert-OH is 1. The minimum Gasteiger partial charge on any atom is -0.478 e. The molecule has 1 amide bonds. The molecule has 1 aromatic heterocycles. The highest BCUT2D eigenvalue weighted by molar-refractivity contribution is 7.99. The molecule has 8 nitrogen and oxygen atoms in total. The highest BCUT2D eigenvalue weighted by atomic mass is 32.2. The van der Waals surface area contributed by atoms with E-state index in [4.69, 9.17) is 9.47 Å². The van der Waals surface area contributed by atoms with E-state index in [0.717, 1.165) is 33.4 Å². The number of hydrogen-bond donors (Lipinski definition) is 3. The number of carbonyl (C=O) groups is 2. The fraction of sp³-hybridized carbons (Fsp3) is 0.205. The Balaban J connectivity index is 1.19. The Bertz CT molecular complexity index is 1850. The maximum atomic E-state index is 12.5. The van der Waals surface area contributed by atoms with Crippen LogP contribution in [0.1, 0.15) is 62.3 Å². The van der Waals surface area contributed by atoms with Crippen LogP contribution in [0.3, 0.4) is 0 Å². The van der Waals surface area contributed by atoms with Crippen molar-refractivity contribution in [3.05, 3.63) is 155 Å². The molecule has 0 saturated carbocycles. The number of carboxylic acid groups (broad SMARTS) is 1. The summed E-state index contributed by atoms with van der Waals surface area (Å²) in [5.41, 5.74) is 6.45. The smallest absolute Gasteiger partial charge is 0.338 e. The number of nitrogens with zero attached hydrogens (tertiary/aromatic N) is 1. The van der Waals surface area contributed by atoms with Crippen LogP contribution in [0.15, 0.2) is 126 Å². The van der Waals surface area contributed by atoms with Crippen molar-refractivity contribution >= 4 is 23.6 Å². The first-order valence-corrected chi connectivity index (χ1v) is 16.7. The molecule has 0 aliphatic carbocycles. The van der Waals surface area contributed by atoms with Crippen LogP contribution in [0.2, 0.25) is 0 Å². The molecule has 4 atom stereocenters. The summed E-state index contributed by atoms with van der Waals surface area (Å²) in [5.74, 6) is -0.715. The number of ether oxygens (including phenoxy) is 2. The minimum absolute atomic E-state index is 0.0417. The molecule has 1 aliphatic rings. The molecule has 1 aliphatic heterocycles. The summed E-state index contributed by atoms with van der Waals surface area (Å²) in [6.45, 7) is 2.44. The fourth-order valence-corrected chi connectivity index (χ4v) is 6.86. The van der Waals surface area contributed by atoms with Gasteiger partial charge in [-0.3, -0.25) is 4.79 Å². The van der Waals surface area contributed by atoms with Gasteiger partial charge in [0.2, 0.25) is 0 Å². The van der Waals surface area contributed by atoms with Crippen LogP contribution in [0, 0.1) is 5.92 Å². The molecule has 0 bridgehead atoms. The van der Waals surface area contributed by atoms with Gasteiger partial charge in [0, 0.05) is 35.5 Å². The number of nitrogens with one attached hydrogen (secondary N) is 1. The second-order valence-electron chi connectivity index (χ2n) is 11.7. The van der Waals surface area contributed by atoms with Crippen molar-refractivity contribution in [2.45, 2.75) is 43.6 Å². The number of benzene rings is 4. The highest BCUT2D eigenvalue weighted by Gasteiger charge is 2.38. The zero-order valence-corrected chi connectivity index (χ0v) is 27.2. The summed E-state index contributed by atoms with van der Waals surface area (Å²) in [4.78, 5) is 28.6. The summed E-state index contributed by atoms with van der Waals surface area (Å²) in [6, 6.07) is 36.2. The number of aromatic nitrogens is 1. The summed E-state index contributed by atoms with van der Waals surface area (Å²) in [7, 11) is 0. The van der Waals surface area contributed by atoms with Crippen LogP contribution in [0.25, 0.3) is 11.1 Å². The number of hydrogen-bond acceptors (Lipinski definition) is 7. The zero-order chi connectivity index (χ0) is 33.5. The third-order valence-corrected chi connectivity index (χ3v) is 9.54. The maximum absolute atomic E-state index is 12.5. The van der Waals surface area contributed by atoms with Gasteiger partial charge in [-0.05, 0) is 58.1 Å². The lowest BCUT2D eigenvalue weighted by atomic mass is 9.91. The second-order valence-corrected chi connectivity index (χ2v) is 12.7. The normalized spacial score (nSPS) is 19.0. The number of carboxylic acids is 1. The van der Waals surface area contributed by atoms with Crippen molar-refractivity contribution in [1.82, 2.24) is 10.3 Å². The van der Waals surface area contributed by atoms with Crippen molar-refractivity contribution in [3.63, 3.8) is 0 Å².